The highest BCUT2D eigenvalue weighted by Gasteiger charge is 2.34. The maximum absolute atomic E-state index is 13.1. The monoisotopic (exact) mass is 331 g/mol. The van der Waals surface area contributed by atoms with E-state index in [4.69, 9.17) is 10.5 Å². The predicted octanol–water partition coefficient (Wildman–Crippen LogP) is 4.05. The van der Waals surface area contributed by atoms with Crippen molar-refractivity contribution >= 4 is 15.9 Å². The summed E-state index contributed by atoms with van der Waals surface area (Å²) >= 11 is 3.39. The largest absolute Gasteiger partial charge is 0.374 e. The number of benzene rings is 1. The minimum atomic E-state index is -0.303. The summed E-state index contributed by atoms with van der Waals surface area (Å²) in [5.74, 6) is -0.244. The van der Waals surface area contributed by atoms with Crippen LogP contribution in [0.3, 0.4) is 0 Å². The summed E-state index contributed by atoms with van der Waals surface area (Å²) in [6.45, 7) is 6.83. The van der Waals surface area contributed by atoms with Crippen LogP contribution in [-0.2, 0) is 11.2 Å². The van der Waals surface area contributed by atoms with E-state index < -0.39 is 0 Å². The van der Waals surface area contributed by atoms with E-state index in [2.05, 4.69) is 29.8 Å². The summed E-state index contributed by atoms with van der Waals surface area (Å²) in [4.78, 5) is 0. The molecule has 19 heavy (non-hydrogen) atoms. The van der Waals surface area contributed by atoms with Gasteiger partial charge in [-0.1, -0.05) is 35.8 Å². The Morgan fingerprint density at radius 2 is 1.95 bits per heavy atom. The van der Waals surface area contributed by atoms with Crippen LogP contribution in [-0.4, -0.2) is 18.2 Å². The van der Waals surface area contributed by atoms with Crippen LogP contribution in [0.5, 0.6) is 0 Å². The van der Waals surface area contributed by atoms with Gasteiger partial charge in [0.15, 0.2) is 0 Å². The third-order valence-corrected chi connectivity index (χ3v) is 4.50. The molecule has 108 valence electrons. The van der Waals surface area contributed by atoms with Crippen LogP contribution in [0.1, 0.15) is 39.2 Å². The Bertz CT molecular complexity index is 407. The highest BCUT2D eigenvalue weighted by Crippen LogP contribution is 2.28. The van der Waals surface area contributed by atoms with E-state index in [1.54, 1.807) is 6.07 Å². The zero-order valence-corrected chi connectivity index (χ0v) is 13.5. The fraction of sp³-hybridized carbons (Fsp3) is 0.600. The molecule has 0 spiro atoms. The molecule has 0 aromatic heterocycles. The number of nitrogens with two attached hydrogens (primary N) is 1. The Hall–Kier alpha value is -0.450. The van der Waals surface area contributed by atoms with Crippen molar-refractivity contribution in [2.45, 2.75) is 51.7 Å². The summed E-state index contributed by atoms with van der Waals surface area (Å²) < 4.78 is 19.8. The van der Waals surface area contributed by atoms with Crippen molar-refractivity contribution in [3.63, 3.8) is 0 Å². The average Bonchev–Trinajstić information content (AvgIpc) is 2.39. The van der Waals surface area contributed by atoms with Crippen molar-refractivity contribution in [3.8, 4) is 0 Å². The third-order valence-electron chi connectivity index (χ3n) is 3.76. The Morgan fingerprint density at radius 3 is 2.42 bits per heavy atom. The second-order valence-corrected chi connectivity index (χ2v) is 5.61. The number of hydrogen-bond donors (Lipinski definition) is 1. The first-order valence-electron chi connectivity index (χ1n) is 6.82. The van der Waals surface area contributed by atoms with Crippen molar-refractivity contribution in [2.24, 2.45) is 5.73 Å². The molecular formula is C15H23BrFNO. The number of rotatable bonds is 7. The molecule has 4 heteroatoms. The van der Waals surface area contributed by atoms with E-state index in [-0.39, 0.29) is 17.5 Å². The van der Waals surface area contributed by atoms with Crippen LogP contribution < -0.4 is 5.73 Å². The van der Waals surface area contributed by atoms with Crippen LogP contribution in [0.2, 0.25) is 0 Å². The van der Waals surface area contributed by atoms with Gasteiger partial charge in [-0.2, -0.15) is 0 Å². The maximum Gasteiger partial charge on any atom is 0.124 e. The van der Waals surface area contributed by atoms with Gasteiger partial charge in [0.1, 0.15) is 5.82 Å². The summed E-state index contributed by atoms with van der Waals surface area (Å²) in [6.07, 6.45) is 2.41. The molecule has 1 unspecified atom stereocenters. The lowest BCUT2D eigenvalue weighted by atomic mass is 9.85. The van der Waals surface area contributed by atoms with E-state index >= 15 is 0 Å². The molecule has 0 saturated heterocycles. The van der Waals surface area contributed by atoms with Gasteiger partial charge in [0, 0.05) is 17.1 Å². The minimum Gasteiger partial charge on any atom is -0.374 e. The molecule has 2 nitrogen and oxygen atoms in total. The first kappa shape index (κ1) is 16.6. The Morgan fingerprint density at radius 1 is 1.32 bits per heavy atom. The summed E-state index contributed by atoms with van der Waals surface area (Å²) in [5, 5.41) is 0. The molecular weight excluding hydrogens is 309 g/mol. The number of hydrogen-bond acceptors (Lipinski definition) is 2. The van der Waals surface area contributed by atoms with Gasteiger partial charge in [-0.05, 0) is 43.9 Å². The van der Waals surface area contributed by atoms with E-state index in [9.17, 15) is 4.39 Å². The highest BCUT2D eigenvalue weighted by molar-refractivity contribution is 9.10. The van der Waals surface area contributed by atoms with Crippen LogP contribution in [0, 0.1) is 5.82 Å². The molecule has 1 rings (SSSR count). The SMILES string of the molecule is CCOC(CC)(CC)C(N)Cc1ccc(F)cc1Br. The topological polar surface area (TPSA) is 35.2 Å². The van der Waals surface area contributed by atoms with Crippen LogP contribution in [0.15, 0.2) is 22.7 Å². The Labute approximate surface area is 123 Å². The van der Waals surface area contributed by atoms with Crippen molar-refractivity contribution in [2.75, 3.05) is 6.61 Å². The average molecular weight is 332 g/mol. The zero-order valence-electron chi connectivity index (χ0n) is 11.9. The van der Waals surface area contributed by atoms with E-state index in [0.717, 1.165) is 22.9 Å². The molecule has 0 bridgehead atoms. The van der Waals surface area contributed by atoms with Crippen molar-refractivity contribution in [3.05, 3.63) is 34.1 Å². The molecule has 0 aliphatic carbocycles. The van der Waals surface area contributed by atoms with Gasteiger partial charge in [-0.3, -0.25) is 0 Å². The molecule has 0 fully saturated rings. The predicted molar refractivity (Wildman–Crippen MR) is 80.7 cm³/mol. The first-order valence-corrected chi connectivity index (χ1v) is 7.61. The molecule has 1 atom stereocenters. The lowest BCUT2D eigenvalue weighted by molar-refractivity contribution is -0.0633. The van der Waals surface area contributed by atoms with Gasteiger partial charge in [-0.15, -0.1) is 0 Å². The summed E-state index contributed by atoms with van der Waals surface area (Å²) in [5.41, 5.74) is 7.07. The Kier molecular flexibility index (Phi) is 6.43. The Balaban J connectivity index is 2.89. The van der Waals surface area contributed by atoms with E-state index in [1.807, 2.05) is 6.92 Å². The molecule has 0 saturated carbocycles. The third kappa shape index (κ3) is 4.01. The van der Waals surface area contributed by atoms with Crippen molar-refractivity contribution in [1.29, 1.82) is 0 Å². The van der Waals surface area contributed by atoms with Gasteiger partial charge >= 0.3 is 0 Å². The fourth-order valence-electron chi connectivity index (χ4n) is 2.48. The molecule has 0 amide bonds. The first-order chi connectivity index (χ1) is 8.99. The molecule has 1 aromatic carbocycles. The van der Waals surface area contributed by atoms with Crippen LogP contribution in [0.4, 0.5) is 4.39 Å². The van der Waals surface area contributed by atoms with Gasteiger partial charge in [0.05, 0.1) is 5.60 Å². The quantitative estimate of drug-likeness (QED) is 0.817. The normalized spacial score (nSPS) is 13.6. The second kappa shape index (κ2) is 7.36. The maximum atomic E-state index is 13.1. The smallest absolute Gasteiger partial charge is 0.124 e. The lowest BCUT2D eigenvalue weighted by Crippen LogP contribution is -2.50. The van der Waals surface area contributed by atoms with Crippen LogP contribution in [0.25, 0.3) is 0 Å². The molecule has 0 radical (unpaired) electrons. The summed E-state index contributed by atoms with van der Waals surface area (Å²) in [6, 6.07) is 4.61. The van der Waals surface area contributed by atoms with Crippen LogP contribution >= 0.6 is 15.9 Å². The molecule has 0 aliphatic heterocycles. The molecule has 0 aliphatic rings. The van der Waals surface area contributed by atoms with E-state index in [1.165, 1.54) is 12.1 Å². The van der Waals surface area contributed by atoms with Gasteiger partial charge in [0.25, 0.3) is 0 Å². The molecule has 0 heterocycles. The number of halogens is 2. The number of ether oxygens (including phenoxy) is 1. The van der Waals surface area contributed by atoms with Crippen molar-refractivity contribution < 1.29 is 9.13 Å². The van der Waals surface area contributed by atoms with Gasteiger partial charge < -0.3 is 10.5 Å². The highest BCUT2D eigenvalue weighted by atomic mass is 79.9. The van der Waals surface area contributed by atoms with E-state index in [0.29, 0.717) is 13.0 Å². The second-order valence-electron chi connectivity index (χ2n) is 4.75. The summed E-state index contributed by atoms with van der Waals surface area (Å²) in [7, 11) is 0. The molecule has 1 aromatic rings. The minimum absolute atomic E-state index is 0.107. The standard InChI is InChI=1S/C15H23BrFNO/c1-4-15(5-2,19-6-3)14(18)9-11-7-8-12(17)10-13(11)16/h7-8,10,14H,4-6,9,18H2,1-3H3. The molecule has 2 N–H and O–H groups in total. The fourth-order valence-corrected chi connectivity index (χ4v) is 3.00. The zero-order chi connectivity index (χ0) is 14.5. The van der Waals surface area contributed by atoms with Crippen molar-refractivity contribution in [1.82, 2.24) is 0 Å². The van der Waals surface area contributed by atoms with Gasteiger partial charge in [-0.25, -0.2) is 4.39 Å². The lowest BCUT2D eigenvalue weighted by Gasteiger charge is -2.37. The van der Waals surface area contributed by atoms with Gasteiger partial charge in [0.2, 0.25) is 0 Å².